The number of aliphatic hydroxyl groups is 1. The van der Waals surface area contributed by atoms with Crippen molar-refractivity contribution in [2.24, 2.45) is 5.92 Å². The average molecular weight is 297 g/mol. The minimum absolute atomic E-state index is 0.237. The monoisotopic (exact) mass is 296 g/mol. The van der Waals surface area contributed by atoms with Crippen LogP contribution in [-0.2, 0) is 0 Å². The molecule has 1 aromatic carbocycles. The molecule has 2 rings (SSSR count). The van der Waals surface area contributed by atoms with E-state index in [1.165, 1.54) is 0 Å². The van der Waals surface area contributed by atoms with Gasteiger partial charge in [-0.2, -0.15) is 0 Å². The van der Waals surface area contributed by atoms with Crippen LogP contribution in [0.2, 0.25) is 5.02 Å². The molecule has 1 saturated carbocycles. The second-order valence-corrected chi connectivity index (χ2v) is 6.23. The van der Waals surface area contributed by atoms with E-state index in [1.54, 1.807) is 18.2 Å². The van der Waals surface area contributed by atoms with Gasteiger partial charge in [0.2, 0.25) is 0 Å². The summed E-state index contributed by atoms with van der Waals surface area (Å²) in [4.78, 5) is 12.0. The molecule has 5 heteroatoms. The molecule has 0 atom stereocenters. The number of carbonyl (C=O) groups excluding carboxylic acids is 1. The van der Waals surface area contributed by atoms with Gasteiger partial charge >= 0.3 is 0 Å². The van der Waals surface area contributed by atoms with Crippen molar-refractivity contribution in [3.8, 4) is 0 Å². The number of carbonyl (C=O) groups is 1. The van der Waals surface area contributed by atoms with Crippen molar-refractivity contribution >= 4 is 23.2 Å². The molecular weight excluding hydrogens is 276 g/mol. The highest BCUT2D eigenvalue weighted by Gasteiger charge is 2.32. The van der Waals surface area contributed by atoms with Gasteiger partial charge in [0, 0.05) is 12.1 Å². The van der Waals surface area contributed by atoms with E-state index in [0.717, 1.165) is 25.7 Å². The highest BCUT2D eigenvalue weighted by molar-refractivity contribution is 6.33. The maximum Gasteiger partial charge on any atom is 0.251 e. The Morgan fingerprint density at radius 1 is 1.50 bits per heavy atom. The largest absolute Gasteiger partial charge is 0.398 e. The molecule has 20 heavy (non-hydrogen) atoms. The first-order chi connectivity index (χ1) is 9.39. The van der Waals surface area contributed by atoms with Gasteiger partial charge in [-0.15, -0.1) is 0 Å². The summed E-state index contributed by atoms with van der Waals surface area (Å²) >= 11 is 5.90. The smallest absolute Gasteiger partial charge is 0.251 e. The molecule has 0 bridgehead atoms. The number of amides is 1. The van der Waals surface area contributed by atoms with E-state index >= 15 is 0 Å². The van der Waals surface area contributed by atoms with Crippen LogP contribution in [-0.4, -0.2) is 23.2 Å². The van der Waals surface area contributed by atoms with Crippen LogP contribution in [0.1, 0.15) is 43.0 Å². The van der Waals surface area contributed by atoms with E-state index in [0.29, 0.717) is 22.2 Å². The van der Waals surface area contributed by atoms with E-state index in [4.69, 9.17) is 17.3 Å². The van der Waals surface area contributed by atoms with Gasteiger partial charge in [0.05, 0.1) is 16.3 Å². The Morgan fingerprint density at radius 2 is 2.15 bits per heavy atom. The molecule has 1 aliphatic rings. The van der Waals surface area contributed by atoms with Gasteiger partial charge in [0.25, 0.3) is 5.91 Å². The number of hydrogen-bond donors (Lipinski definition) is 3. The van der Waals surface area contributed by atoms with E-state index in [-0.39, 0.29) is 12.5 Å². The van der Waals surface area contributed by atoms with Crippen molar-refractivity contribution in [3.63, 3.8) is 0 Å². The van der Waals surface area contributed by atoms with Crippen molar-refractivity contribution in [2.75, 3.05) is 12.3 Å². The van der Waals surface area contributed by atoms with Gasteiger partial charge in [-0.05, 0) is 49.8 Å². The third kappa shape index (κ3) is 3.64. The summed E-state index contributed by atoms with van der Waals surface area (Å²) < 4.78 is 0. The van der Waals surface area contributed by atoms with Gasteiger partial charge in [0.15, 0.2) is 0 Å². The summed E-state index contributed by atoms with van der Waals surface area (Å²) in [6, 6.07) is 4.77. The van der Waals surface area contributed by atoms with Gasteiger partial charge in [-0.1, -0.05) is 18.5 Å². The fourth-order valence-electron chi connectivity index (χ4n) is 2.49. The Kier molecular flexibility index (Phi) is 4.55. The standard InChI is InChI=1S/C15H21ClN2O2/c1-10-4-6-15(20,7-5-10)9-18-14(19)11-2-3-13(17)12(16)8-11/h2-3,8,10,20H,4-7,9,17H2,1H3,(H,18,19). The lowest BCUT2D eigenvalue weighted by atomic mass is 9.79. The summed E-state index contributed by atoms with van der Waals surface area (Å²) in [6.45, 7) is 2.47. The van der Waals surface area contributed by atoms with Crippen LogP contribution in [0.25, 0.3) is 0 Å². The van der Waals surface area contributed by atoms with Crippen molar-refractivity contribution in [2.45, 2.75) is 38.2 Å². The zero-order valence-electron chi connectivity index (χ0n) is 11.7. The van der Waals surface area contributed by atoms with E-state index in [2.05, 4.69) is 12.2 Å². The van der Waals surface area contributed by atoms with Gasteiger partial charge in [0.1, 0.15) is 0 Å². The van der Waals surface area contributed by atoms with Crippen molar-refractivity contribution in [1.82, 2.24) is 5.32 Å². The van der Waals surface area contributed by atoms with Crippen LogP contribution < -0.4 is 11.1 Å². The van der Waals surface area contributed by atoms with Crippen molar-refractivity contribution in [1.29, 1.82) is 0 Å². The topological polar surface area (TPSA) is 75.3 Å². The minimum atomic E-state index is -0.778. The lowest BCUT2D eigenvalue weighted by molar-refractivity contribution is -0.00539. The van der Waals surface area contributed by atoms with Crippen molar-refractivity contribution < 1.29 is 9.90 Å². The van der Waals surface area contributed by atoms with E-state index in [9.17, 15) is 9.90 Å². The molecule has 4 nitrogen and oxygen atoms in total. The number of halogens is 1. The molecular formula is C15H21ClN2O2. The summed E-state index contributed by atoms with van der Waals surface area (Å²) in [5, 5.41) is 13.6. The summed E-state index contributed by atoms with van der Waals surface area (Å²) in [6.07, 6.45) is 3.47. The molecule has 0 radical (unpaired) electrons. The van der Waals surface area contributed by atoms with Crippen LogP contribution in [0.5, 0.6) is 0 Å². The molecule has 1 aromatic rings. The van der Waals surface area contributed by atoms with Gasteiger partial charge in [-0.3, -0.25) is 4.79 Å². The number of nitrogens with two attached hydrogens (primary N) is 1. The minimum Gasteiger partial charge on any atom is -0.398 e. The second kappa shape index (κ2) is 6.02. The van der Waals surface area contributed by atoms with Gasteiger partial charge < -0.3 is 16.2 Å². The second-order valence-electron chi connectivity index (χ2n) is 5.83. The average Bonchev–Trinajstić information content (AvgIpc) is 2.43. The molecule has 0 heterocycles. The quantitative estimate of drug-likeness (QED) is 0.751. The highest BCUT2D eigenvalue weighted by Crippen LogP contribution is 2.31. The Balaban J connectivity index is 1.93. The molecule has 0 aliphatic heterocycles. The summed E-state index contributed by atoms with van der Waals surface area (Å²) in [5.74, 6) is 0.417. The first-order valence-electron chi connectivity index (χ1n) is 6.95. The molecule has 1 amide bonds. The molecule has 0 aromatic heterocycles. The SMILES string of the molecule is CC1CCC(O)(CNC(=O)c2ccc(N)c(Cl)c2)CC1. The number of rotatable bonds is 3. The fraction of sp³-hybridized carbons (Fsp3) is 0.533. The number of anilines is 1. The number of hydrogen-bond acceptors (Lipinski definition) is 3. The number of nitrogen functional groups attached to an aromatic ring is 1. The van der Waals surface area contributed by atoms with Crippen LogP contribution in [0, 0.1) is 5.92 Å². The molecule has 0 spiro atoms. The lowest BCUT2D eigenvalue weighted by Crippen LogP contribution is -2.45. The Labute approximate surface area is 124 Å². The molecule has 4 N–H and O–H groups in total. The van der Waals surface area contributed by atoms with Crippen molar-refractivity contribution in [3.05, 3.63) is 28.8 Å². The maximum atomic E-state index is 12.0. The third-order valence-electron chi connectivity index (χ3n) is 4.05. The number of nitrogens with one attached hydrogen (secondary N) is 1. The van der Waals surface area contributed by atoms with Crippen LogP contribution in [0.4, 0.5) is 5.69 Å². The lowest BCUT2D eigenvalue weighted by Gasteiger charge is -2.34. The predicted molar refractivity (Wildman–Crippen MR) is 80.8 cm³/mol. The Hall–Kier alpha value is -1.26. The Morgan fingerprint density at radius 3 is 2.75 bits per heavy atom. The molecule has 110 valence electrons. The summed E-state index contributed by atoms with van der Waals surface area (Å²) in [7, 11) is 0. The third-order valence-corrected chi connectivity index (χ3v) is 4.37. The molecule has 0 unspecified atom stereocenters. The fourth-order valence-corrected chi connectivity index (χ4v) is 2.67. The first-order valence-corrected chi connectivity index (χ1v) is 7.33. The molecule has 1 fully saturated rings. The van der Waals surface area contributed by atoms with Crippen LogP contribution in [0.3, 0.4) is 0 Å². The normalized spacial score (nSPS) is 26.2. The molecule has 0 saturated heterocycles. The van der Waals surface area contributed by atoms with Crippen LogP contribution >= 0.6 is 11.6 Å². The maximum absolute atomic E-state index is 12.0. The Bertz CT molecular complexity index is 497. The first kappa shape index (κ1) is 15.1. The van der Waals surface area contributed by atoms with E-state index < -0.39 is 5.60 Å². The summed E-state index contributed by atoms with van der Waals surface area (Å²) in [5.41, 5.74) is 5.73. The zero-order valence-corrected chi connectivity index (χ0v) is 12.4. The highest BCUT2D eigenvalue weighted by atomic mass is 35.5. The predicted octanol–water partition coefficient (Wildman–Crippen LogP) is 2.59. The molecule has 1 aliphatic carbocycles. The van der Waals surface area contributed by atoms with Gasteiger partial charge in [-0.25, -0.2) is 0 Å². The van der Waals surface area contributed by atoms with Crippen LogP contribution in [0.15, 0.2) is 18.2 Å². The van der Waals surface area contributed by atoms with E-state index in [1.807, 2.05) is 0 Å². The number of benzene rings is 1. The zero-order chi connectivity index (χ0) is 14.8.